The lowest BCUT2D eigenvalue weighted by atomic mass is 10.0. The topological polar surface area (TPSA) is 55.1 Å². The Hall–Kier alpha value is -1.51. The second kappa shape index (κ2) is 5.71. The van der Waals surface area contributed by atoms with Crippen LogP contribution >= 0.6 is 0 Å². The van der Waals surface area contributed by atoms with Gasteiger partial charge in [0.15, 0.2) is 5.78 Å². The van der Waals surface area contributed by atoms with Crippen LogP contribution in [0.25, 0.3) is 0 Å². The predicted molar refractivity (Wildman–Crippen MR) is 73.4 cm³/mol. The highest BCUT2D eigenvalue weighted by Crippen LogP contribution is 2.20. The Morgan fingerprint density at radius 3 is 2.53 bits per heavy atom. The smallest absolute Gasteiger partial charge is 0.161 e. The van der Waals surface area contributed by atoms with Gasteiger partial charge in [0.05, 0.1) is 0 Å². The van der Waals surface area contributed by atoms with E-state index in [1.54, 1.807) is 6.07 Å². The number of carbonyl (C=O) groups excluding carboxylic acids is 1. The van der Waals surface area contributed by atoms with Gasteiger partial charge >= 0.3 is 0 Å². The van der Waals surface area contributed by atoms with Gasteiger partial charge in [-0.3, -0.25) is 4.79 Å². The summed E-state index contributed by atoms with van der Waals surface area (Å²) in [5, 5.41) is 3.39. The van der Waals surface area contributed by atoms with Gasteiger partial charge < -0.3 is 11.1 Å². The molecule has 3 nitrogen and oxygen atoms in total. The van der Waals surface area contributed by atoms with Crippen LogP contribution in [-0.4, -0.2) is 11.8 Å². The normalized spacial score (nSPS) is 12.5. The lowest BCUT2D eigenvalue weighted by Crippen LogP contribution is -2.17. The molecule has 0 amide bonds. The molecular formula is C14H22N2O. The molecule has 0 bridgehead atoms. The first-order valence-corrected chi connectivity index (χ1v) is 6.07. The van der Waals surface area contributed by atoms with Gasteiger partial charge in [0.1, 0.15) is 0 Å². The highest BCUT2D eigenvalue weighted by Gasteiger charge is 2.08. The minimum Gasteiger partial charge on any atom is -0.398 e. The molecule has 94 valence electrons. The first-order valence-electron chi connectivity index (χ1n) is 6.07. The third kappa shape index (κ3) is 4.10. The van der Waals surface area contributed by atoms with E-state index in [4.69, 9.17) is 5.73 Å². The monoisotopic (exact) mass is 234 g/mol. The number of nitrogens with one attached hydrogen (secondary N) is 1. The van der Waals surface area contributed by atoms with Crippen molar-refractivity contribution in [3.63, 3.8) is 0 Å². The van der Waals surface area contributed by atoms with Gasteiger partial charge in [0.2, 0.25) is 0 Å². The summed E-state index contributed by atoms with van der Waals surface area (Å²) in [6.45, 7) is 8.07. The zero-order valence-corrected chi connectivity index (χ0v) is 11.1. The molecule has 0 saturated heterocycles. The van der Waals surface area contributed by atoms with E-state index in [-0.39, 0.29) is 5.78 Å². The van der Waals surface area contributed by atoms with Crippen LogP contribution < -0.4 is 11.1 Å². The molecule has 0 aromatic heterocycles. The van der Waals surface area contributed by atoms with Crippen molar-refractivity contribution < 1.29 is 4.79 Å². The molecule has 1 aromatic carbocycles. The van der Waals surface area contributed by atoms with E-state index in [9.17, 15) is 4.79 Å². The lowest BCUT2D eigenvalue weighted by molar-refractivity contribution is 0.101. The van der Waals surface area contributed by atoms with E-state index < -0.39 is 0 Å². The number of benzene rings is 1. The predicted octanol–water partition coefficient (Wildman–Crippen LogP) is 3.32. The van der Waals surface area contributed by atoms with Crippen molar-refractivity contribution in [2.45, 2.75) is 40.2 Å². The van der Waals surface area contributed by atoms with E-state index in [0.717, 1.165) is 12.1 Å². The van der Waals surface area contributed by atoms with Gasteiger partial charge in [-0.1, -0.05) is 13.8 Å². The summed E-state index contributed by atoms with van der Waals surface area (Å²) in [7, 11) is 0. The van der Waals surface area contributed by atoms with Gasteiger partial charge in [0.25, 0.3) is 0 Å². The molecule has 0 aliphatic carbocycles. The standard InChI is InChI=1S/C14H22N2O/c1-9(2)7-10(3)16-12-5-6-14(15)13(8-12)11(4)17/h5-6,8-10,16H,7,15H2,1-4H3. The number of ketones is 1. The summed E-state index contributed by atoms with van der Waals surface area (Å²) < 4.78 is 0. The zero-order chi connectivity index (χ0) is 13.0. The molecule has 0 fully saturated rings. The minimum atomic E-state index is 0.00247. The minimum absolute atomic E-state index is 0.00247. The molecule has 1 atom stereocenters. The van der Waals surface area contributed by atoms with Crippen LogP contribution in [0, 0.1) is 5.92 Å². The number of nitrogens with two attached hydrogens (primary N) is 1. The van der Waals surface area contributed by atoms with Crippen LogP contribution in [0.15, 0.2) is 18.2 Å². The number of nitrogen functional groups attached to an aromatic ring is 1. The van der Waals surface area contributed by atoms with Gasteiger partial charge in [0, 0.05) is 23.0 Å². The summed E-state index contributed by atoms with van der Waals surface area (Å²) in [6, 6.07) is 5.91. The van der Waals surface area contributed by atoms with Crippen molar-refractivity contribution in [3.05, 3.63) is 23.8 Å². The fourth-order valence-corrected chi connectivity index (χ4v) is 2.00. The van der Waals surface area contributed by atoms with Gasteiger partial charge in [-0.2, -0.15) is 0 Å². The van der Waals surface area contributed by atoms with E-state index >= 15 is 0 Å². The Labute approximate surface area is 103 Å². The first kappa shape index (κ1) is 13.6. The quantitative estimate of drug-likeness (QED) is 0.607. The third-order valence-electron chi connectivity index (χ3n) is 2.67. The Kier molecular flexibility index (Phi) is 4.55. The average molecular weight is 234 g/mol. The fourth-order valence-electron chi connectivity index (χ4n) is 2.00. The van der Waals surface area contributed by atoms with Crippen LogP contribution in [0.1, 0.15) is 44.5 Å². The van der Waals surface area contributed by atoms with Crippen LogP contribution in [0.2, 0.25) is 0 Å². The lowest BCUT2D eigenvalue weighted by Gasteiger charge is -2.18. The van der Waals surface area contributed by atoms with Crippen molar-refractivity contribution in [1.29, 1.82) is 0 Å². The maximum atomic E-state index is 11.4. The highest BCUT2D eigenvalue weighted by molar-refractivity contribution is 6.00. The summed E-state index contributed by atoms with van der Waals surface area (Å²) in [5.74, 6) is 0.654. The van der Waals surface area contributed by atoms with E-state index in [2.05, 4.69) is 26.1 Å². The molecule has 1 aromatic rings. The van der Waals surface area contributed by atoms with Crippen LogP contribution in [0.5, 0.6) is 0 Å². The highest BCUT2D eigenvalue weighted by atomic mass is 16.1. The number of carbonyl (C=O) groups is 1. The SMILES string of the molecule is CC(=O)c1cc(NC(C)CC(C)C)ccc1N. The van der Waals surface area contributed by atoms with Crippen molar-refractivity contribution >= 4 is 17.2 Å². The molecule has 0 saturated carbocycles. The third-order valence-corrected chi connectivity index (χ3v) is 2.67. The first-order chi connectivity index (χ1) is 7.90. The fraction of sp³-hybridized carbons (Fsp3) is 0.500. The average Bonchev–Trinajstić information content (AvgIpc) is 2.19. The molecule has 0 spiro atoms. The summed E-state index contributed by atoms with van der Waals surface area (Å²) in [5.41, 5.74) is 7.84. The maximum absolute atomic E-state index is 11.4. The van der Waals surface area contributed by atoms with Crippen molar-refractivity contribution in [2.24, 2.45) is 5.92 Å². The molecule has 0 aliphatic rings. The number of Topliss-reactive ketones (excluding diaryl/α,β-unsaturated/α-hetero) is 1. The summed E-state index contributed by atoms with van der Waals surface area (Å²) in [4.78, 5) is 11.4. The molecule has 1 unspecified atom stereocenters. The van der Waals surface area contributed by atoms with E-state index in [0.29, 0.717) is 23.2 Å². The Bertz CT molecular complexity index is 399. The van der Waals surface area contributed by atoms with Crippen molar-refractivity contribution in [1.82, 2.24) is 0 Å². The molecule has 3 heteroatoms. The van der Waals surface area contributed by atoms with Crippen LogP contribution in [0.3, 0.4) is 0 Å². The molecule has 0 heterocycles. The maximum Gasteiger partial charge on any atom is 0.161 e. The van der Waals surface area contributed by atoms with Gasteiger partial charge in [-0.25, -0.2) is 0 Å². The van der Waals surface area contributed by atoms with E-state index in [1.165, 1.54) is 6.92 Å². The molecule has 3 N–H and O–H groups in total. The number of rotatable bonds is 5. The number of hydrogen-bond acceptors (Lipinski definition) is 3. The molecule has 0 radical (unpaired) electrons. The molecule has 17 heavy (non-hydrogen) atoms. The molecular weight excluding hydrogens is 212 g/mol. The van der Waals surface area contributed by atoms with Gasteiger partial charge in [-0.05, 0) is 44.4 Å². The van der Waals surface area contributed by atoms with E-state index in [1.807, 2.05) is 12.1 Å². The Morgan fingerprint density at radius 2 is 2.00 bits per heavy atom. The molecule has 1 rings (SSSR count). The zero-order valence-electron chi connectivity index (χ0n) is 11.1. The van der Waals surface area contributed by atoms with Crippen LogP contribution in [0.4, 0.5) is 11.4 Å². The Balaban J connectivity index is 2.79. The van der Waals surface area contributed by atoms with Crippen molar-refractivity contribution in [2.75, 3.05) is 11.1 Å². The Morgan fingerprint density at radius 1 is 1.35 bits per heavy atom. The van der Waals surface area contributed by atoms with Gasteiger partial charge in [-0.15, -0.1) is 0 Å². The molecule has 0 aliphatic heterocycles. The van der Waals surface area contributed by atoms with Crippen molar-refractivity contribution in [3.8, 4) is 0 Å². The number of anilines is 2. The van der Waals surface area contributed by atoms with Crippen LogP contribution in [-0.2, 0) is 0 Å². The second-order valence-electron chi connectivity index (χ2n) is 5.03. The summed E-state index contributed by atoms with van der Waals surface area (Å²) in [6.07, 6.45) is 1.10. The summed E-state index contributed by atoms with van der Waals surface area (Å²) >= 11 is 0. The number of hydrogen-bond donors (Lipinski definition) is 2. The second-order valence-corrected chi connectivity index (χ2v) is 5.03. The largest absolute Gasteiger partial charge is 0.398 e.